The maximum atomic E-state index is 13.0. The van der Waals surface area contributed by atoms with Crippen LogP contribution in [0.15, 0.2) is 54.6 Å². The molecule has 0 aliphatic rings. The minimum absolute atomic E-state index is 0.0737. The van der Waals surface area contributed by atoms with Gasteiger partial charge in [0.2, 0.25) is 0 Å². The van der Waals surface area contributed by atoms with Crippen LogP contribution in [0.25, 0.3) is 0 Å². The van der Waals surface area contributed by atoms with Gasteiger partial charge in [0.25, 0.3) is 0 Å². The van der Waals surface area contributed by atoms with E-state index in [-0.39, 0.29) is 6.61 Å². The Kier molecular flexibility index (Phi) is 6.43. The summed E-state index contributed by atoms with van der Waals surface area (Å²) in [6.45, 7) is 0.0737. The van der Waals surface area contributed by atoms with Crippen LogP contribution in [0.1, 0.15) is 31.2 Å². The van der Waals surface area contributed by atoms with E-state index >= 15 is 0 Å². The molecular weight excluding hydrogens is 420 g/mol. The maximum absolute atomic E-state index is 13.0. The molecule has 0 aliphatic heterocycles. The van der Waals surface area contributed by atoms with Gasteiger partial charge in [0, 0.05) is 11.1 Å². The fourth-order valence-corrected chi connectivity index (χ4v) is 3.35. The van der Waals surface area contributed by atoms with Gasteiger partial charge in [-0.05, 0) is 54.6 Å². The number of alkyl halides is 3. The normalized spacial score (nSPS) is 10.8. The molecule has 3 nitrogen and oxygen atoms in total. The molecule has 154 valence electrons. The molecule has 0 saturated heterocycles. The van der Waals surface area contributed by atoms with Crippen LogP contribution in [-0.2, 0) is 17.5 Å². The van der Waals surface area contributed by atoms with Gasteiger partial charge < -0.3 is 9.47 Å². The molecule has 0 saturated carbocycles. The van der Waals surface area contributed by atoms with Crippen LogP contribution in [0.4, 0.5) is 17.6 Å². The highest BCUT2D eigenvalue weighted by atomic mass is 32.1. The van der Waals surface area contributed by atoms with Crippen molar-refractivity contribution in [2.45, 2.75) is 12.8 Å². The number of carbonyl (C=O) groups excluding carboxylic acids is 1. The molecule has 1 aromatic heterocycles. The van der Waals surface area contributed by atoms with Crippen molar-refractivity contribution in [3.05, 3.63) is 86.9 Å². The molecule has 8 heteroatoms. The molecule has 0 N–H and O–H groups in total. The number of carbonyl (C=O) groups is 1. The predicted octanol–water partition coefficient (Wildman–Crippen LogP) is 5.67. The number of hydrogen-bond donors (Lipinski definition) is 0. The van der Waals surface area contributed by atoms with Crippen LogP contribution in [-0.4, -0.2) is 13.1 Å². The quantitative estimate of drug-likeness (QED) is 0.302. The SMILES string of the molecule is COC(=O)c1cc(C#Cc2ccc(C(F)(F)F)cc2)c(COc2ccc(F)cc2)s1. The molecular formula is C22H14F4O3S. The summed E-state index contributed by atoms with van der Waals surface area (Å²) in [5, 5.41) is 0. The number of hydrogen-bond acceptors (Lipinski definition) is 4. The number of esters is 1. The Morgan fingerprint density at radius 3 is 2.30 bits per heavy atom. The van der Waals surface area contributed by atoms with E-state index in [0.717, 1.165) is 23.5 Å². The number of rotatable bonds is 4. The van der Waals surface area contributed by atoms with Crippen molar-refractivity contribution in [1.29, 1.82) is 0 Å². The summed E-state index contributed by atoms with van der Waals surface area (Å²) in [6, 6.07) is 11.5. The first kappa shape index (κ1) is 21.4. The van der Waals surface area contributed by atoms with E-state index in [1.165, 1.54) is 49.6 Å². The van der Waals surface area contributed by atoms with E-state index in [1.54, 1.807) is 0 Å². The zero-order valence-corrected chi connectivity index (χ0v) is 16.4. The second-order valence-electron chi connectivity index (χ2n) is 6.01. The van der Waals surface area contributed by atoms with Crippen molar-refractivity contribution >= 4 is 17.3 Å². The standard InChI is InChI=1S/C22H14F4O3S/c1-28-21(27)19-12-15(5-2-14-3-6-16(7-4-14)22(24,25)26)20(30-19)13-29-18-10-8-17(23)9-11-18/h3-4,6-12H,13H2,1H3. The van der Waals surface area contributed by atoms with Gasteiger partial charge in [0.15, 0.2) is 0 Å². The Labute approximate surface area is 173 Å². The number of halogens is 4. The van der Waals surface area contributed by atoms with E-state index in [0.29, 0.717) is 26.6 Å². The lowest BCUT2D eigenvalue weighted by Crippen LogP contribution is -2.04. The van der Waals surface area contributed by atoms with Crippen LogP contribution in [0.3, 0.4) is 0 Å². The average Bonchev–Trinajstić information content (AvgIpc) is 3.14. The topological polar surface area (TPSA) is 35.5 Å². The fraction of sp³-hybridized carbons (Fsp3) is 0.136. The van der Waals surface area contributed by atoms with Crippen molar-refractivity contribution in [3.63, 3.8) is 0 Å². The van der Waals surface area contributed by atoms with E-state index in [9.17, 15) is 22.4 Å². The maximum Gasteiger partial charge on any atom is 0.416 e. The second kappa shape index (κ2) is 9.01. The summed E-state index contributed by atoms with van der Waals surface area (Å²) >= 11 is 1.13. The van der Waals surface area contributed by atoms with Crippen LogP contribution >= 0.6 is 11.3 Å². The van der Waals surface area contributed by atoms with Gasteiger partial charge in [-0.25, -0.2) is 9.18 Å². The highest BCUT2D eigenvalue weighted by molar-refractivity contribution is 7.14. The van der Waals surface area contributed by atoms with Gasteiger partial charge in [0.05, 0.1) is 17.6 Å². The molecule has 0 unspecified atom stereocenters. The first-order chi connectivity index (χ1) is 14.3. The minimum Gasteiger partial charge on any atom is -0.488 e. The summed E-state index contributed by atoms with van der Waals surface area (Å²) in [5.41, 5.74) is 0.117. The summed E-state index contributed by atoms with van der Waals surface area (Å²) in [5.74, 6) is 5.16. The zero-order valence-electron chi connectivity index (χ0n) is 15.5. The van der Waals surface area contributed by atoms with Crippen molar-refractivity contribution in [2.75, 3.05) is 7.11 Å². The minimum atomic E-state index is -4.42. The molecule has 2 aromatic carbocycles. The zero-order chi connectivity index (χ0) is 21.7. The van der Waals surface area contributed by atoms with Crippen molar-refractivity contribution in [1.82, 2.24) is 0 Å². The second-order valence-corrected chi connectivity index (χ2v) is 7.14. The lowest BCUT2D eigenvalue weighted by Gasteiger charge is -2.05. The smallest absolute Gasteiger partial charge is 0.416 e. The summed E-state index contributed by atoms with van der Waals surface area (Å²) in [4.78, 5) is 12.8. The molecule has 0 aliphatic carbocycles. The Morgan fingerprint density at radius 2 is 1.70 bits per heavy atom. The molecule has 30 heavy (non-hydrogen) atoms. The van der Waals surface area contributed by atoms with Gasteiger partial charge in [-0.3, -0.25) is 0 Å². The molecule has 0 fully saturated rings. The van der Waals surface area contributed by atoms with Gasteiger partial charge in [-0.2, -0.15) is 13.2 Å². The Hall–Kier alpha value is -3.31. The average molecular weight is 434 g/mol. The van der Waals surface area contributed by atoms with Crippen molar-refractivity contribution in [2.24, 2.45) is 0 Å². The van der Waals surface area contributed by atoms with E-state index in [1.807, 2.05) is 0 Å². The van der Waals surface area contributed by atoms with Crippen molar-refractivity contribution < 1.29 is 31.8 Å². The highest BCUT2D eigenvalue weighted by Gasteiger charge is 2.29. The van der Waals surface area contributed by atoms with E-state index in [2.05, 4.69) is 11.8 Å². The molecule has 0 atom stereocenters. The van der Waals surface area contributed by atoms with Gasteiger partial charge in [-0.15, -0.1) is 11.3 Å². The molecule has 0 amide bonds. The largest absolute Gasteiger partial charge is 0.488 e. The number of benzene rings is 2. The lowest BCUT2D eigenvalue weighted by molar-refractivity contribution is -0.137. The van der Waals surface area contributed by atoms with Gasteiger partial charge in [-0.1, -0.05) is 11.8 Å². The van der Waals surface area contributed by atoms with E-state index in [4.69, 9.17) is 9.47 Å². The molecule has 0 spiro atoms. The molecule has 1 heterocycles. The van der Waals surface area contributed by atoms with Crippen LogP contribution in [0.2, 0.25) is 0 Å². The molecule has 0 bridgehead atoms. The van der Waals surface area contributed by atoms with Crippen LogP contribution in [0, 0.1) is 17.7 Å². The number of methoxy groups -OCH3 is 1. The summed E-state index contributed by atoms with van der Waals surface area (Å²) in [7, 11) is 1.25. The van der Waals surface area contributed by atoms with Gasteiger partial charge >= 0.3 is 12.1 Å². The number of thiophene rings is 1. The Morgan fingerprint density at radius 1 is 1.03 bits per heavy atom. The van der Waals surface area contributed by atoms with Crippen LogP contribution < -0.4 is 4.74 Å². The summed E-state index contributed by atoms with van der Waals surface area (Å²) in [6.07, 6.45) is -4.42. The fourth-order valence-electron chi connectivity index (χ4n) is 2.40. The highest BCUT2D eigenvalue weighted by Crippen LogP contribution is 2.29. The predicted molar refractivity (Wildman–Crippen MR) is 104 cm³/mol. The number of ether oxygens (including phenoxy) is 2. The third-order valence-electron chi connectivity index (χ3n) is 3.93. The van der Waals surface area contributed by atoms with Gasteiger partial charge in [0.1, 0.15) is 23.1 Å². The monoisotopic (exact) mass is 434 g/mol. The Bertz CT molecular complexity index is 1090. The third kappa shape index (κ3) is 5.39. The lowest BCUT2D eigenvalue weighted by atomic mass is 10.1. The molecule has 3 aromatic rings. The van der Waals surface area contributed by atoms with Crippen LogP contribution in [0.5, 0.6) is 5.75 Å². The summed E-state index contributed by atoms with van der Waals surface area (Å²) < 4.78 is 61.4. The Balaban J connectivity index is 1.84. The van der Waals surface area contributed by atoms with Crippen molar-refractivity contribution in [3.8, 4) is 17.6 Å². The van der Waals surface area contributed by atoms with E-state index < -0.39 is 23.5 Å². The first-order valence-corrected chi connectivity index (χ1v) is 9.36. The molecule has 3 rings (SSSR count). The third-order valence-corrected chi connectivity index (χ3v) is 5.02. The first-order valence-electron chi connectivity index (χ1n) is 8.55. The molecule has 0 radical (unpaired) electrons.